The number of nitriles is 1. The molecule has 136 valence electrons. The van der Waals surface area contributed by atoms with Crippen molar-refractivity contribution in [1.82, 2.24) is 0 Å². The van der Waals surface area contributed by atoms with Crippen molar-refractivity contribution in [3.63, 3.8) is 0 Å². The van der Waals surface area contributed by atoms with Crippen LogP contribution in [0.3, 0.4) is 0 Å². The molecule has 5 nitrogen and oxygen atoms in total. The van der Waals surface area contributed by atoms with E-state index in [1.165, 1.54) is 6.07 Å². The van der Waals surface area contributed by atoms with E-state index in [0.29, 0.717) is 30.3 Å². The number of hydrogen-bond acceptors (Lipinski definition) is 5. The van der Waals surface area contributed by atoms with Gasteiger partial charge in [-0.15, -0.1) is 0 Å². The van der Waals surface area contributed by atoms with Gasteiger partial charge in [-0.05, 0) is 24.3 Å². The molecular weight excluding hydrogens is 318 g/mol. The highest BCUT2D eigenvalue weighted by atomic mass is 16.5. The lowest BCUT2D eigenvalue weighted by molar-refractivity contribution is 0.146. The highest BCUT2D eigenvalue weighted by Crippen LogP contribution is 2.32. The van der Waals surface area contributed by atoms with Crippen LogP contribution in [0.15, 0.2) is 42.5 Å². The third-order valence-electron chi connectivity index (χ3n) is 2.68. The van der Waals surface area contributed by atoms with Crippen LogP contribution in [0.25, 0.3) is 0 Å². The Labute approximate surface area is 150 Å². The number of ether oxygens (including phenoxy) is 3. The number of hydrogen-bond donors (Lipinski definition) is 1. The van der Waals surface area contributed by atoms with E-state index in [4.69, 9.17) is 19.5 Å². The number of nitrogens with zero attached hydrogens (tertiary/aromatic N) is 1. The summed E-state index contributed by atoms with van der Waals surface area (Å²) in [6.45, 7) is 8.95. The Morgan fingerprint density at radius 1 is 0.960 bits per heavy atom. The van der Waals surface area contributed by atoms with E-state index in [2.05, 4.69) is 0 Å². The Kier molecular flexibility index (Phi) is 12.2. The van der Waals surface area contributed by atoms with Gasteiger partial charge in [-0.3, -0.25) is 0 Å². The maximum Gasteiger partial charge on any atom is 0.169 e. The Bertz CT molecular complexity index is 650. The molecule has 0 saturated heterocycles. The van der Waals surface area contributed by atoms with Crippen molar-refractivity contribution in [2.75, 3.05) is 20.3 Å². The Morgan fingerprint density at radius 2 is 1.64 bits per heavy atom. The monoisotopic (exact) mass is 345 g/mol. The molecule has 0 heterocycles. The fraction of sp³-hybridized carbons (Fsp3) is 0.350. The third-order valence-corrected chi connectivity index (χ3v) is 2.68. The van der Waals surface area contributed by atoms with Crippen molar-refractivity contribution >= 4 is 0 Å². The second kappa shape index (κ2) is 13.7. The summed E-state index contributed by atoms with van der Waals surface area (Å²) in [5.74, 6) is 1.38. The van der Waals surface area contributed by atoms with E-state index in [1.54, 1.807) is 43.5 Å². The minimum Gasteiger partial charge on any atom is -0.504 e. The van der Waals surface area contributed by atoms with Crippen LogP contribution in [0.1, 0.15) is 33.3 Å². The Balaban J connectivity index is 0.00000134. The topological polar surface area (TPSA) is 71.7 Å². The number of phenolic OH excluding ortho intramolecular Hbond substituents is 1. The zero-order valence-electron chi connectivity index (χ0n) is 15.6. The van der Waals surface area contributed by atoms with Crippen LogP contribution in [-0.4, -0.2) is 25.4 Å². The number of aromatic hydroxyl groups is 1. The first-order valence-corrected chi connectivity index (χ1v) is 8.35. The van der Waals surface area contributed by atoms with Crippen molar-refractivity contribution in [3.05, 3.63) is 48.0 Å². The molecule has 0 aliphatic carbocycles. The number of rotatable bonds is 6. The van der Waals surface area contributed by atoms with Gasteiger partial charge >= 0.3 is 0 Å². The quantitative estimate of drug-likeness (QED) is 0.734. The molecule has 0 spiro atoms. The summed E-state index contributed by atoms with van der Waals surface area (Å²) in [6.07, 6.45) is 0. The van der Waals surface area contributed by atoms with E-state index in [-0.39, 0.29) is 11.5 Å². The molecule has 5 heteroatoms. The van der Waals surface area contributed by atoms with Gasteiger partial charge in [0.05, 0.1) is 18.2 Å². The SMILES string of the molecule is CC.CC.COCCOc1cccc(Oc2ccc(C#N)cc2O)c1. The summed E-state index contributed by atoms with van der Waals surface area (Å²) < 4.78 is 16.0. The summed E-state index contributed by atoms with van der Waals surface area (Å²) in [5, 5.41) is 18.6. The third kappa shape index (κ3) is 8.09. The molecule has 0 unspecified atom stereocenters. The molecule has 0 atom stereocenters. The van der Waals surface area contributed by atoms with Gasteiger partial charge in [0.15, 0.2) is 11.5 Å². The second-order valence-corrected chi connectivity index (χ2v) is 4.21. The minimum absolute atomic E-state index is 0.0836. The first-order chi connectivity index (χ1) is 12.2. The maximum atomic E-state index is 9.80. The molecule has 2 aromatic carbocycles. The van der Waals surface area contributed by atoms with Gasteiger partial charge in [0.1, 0.15) is 18.1 Å². The Morgan fingerprint density at radius 3 is 2.24 bits per heavy atom. The molecule has 2 rings (SSSR count). The molecule has 0 saturated carbocycles. The summed E-state index contributed by atoms with van der Waals surface area (Å²) in [5.41, 5.74) is 0.372. The summed E-state index contributed by atoms with van der Waals surface area (Å²) in [6, 6.07) is 13.5. The lowest BCUT2D eigenvalue weighted by Gasteiger charge is -2.10. The molecule has 0 aliphatic heterocycles. The normalized spacial score (nSPS) is 8.80. The van der Waals surface area contributed by atoms with E-state index in [1.807, 2.05) is 33.8 Å². The van der Waals surface area contributed by atoms with Gasteiger partial charge < -0.3 is 19.3 Å². The highest BCUT2D eigenvalue weighted by Gasteiger charge is 2.06. The van der Waals surface area contributed by atoms with E-state index < -0.39 is 0 Å². The van der Waals surface area contributed by atoms with E-state index >= 15 is 0 Å². The molecule has 0 aliphatic rings. The predicted molar refractivity (Wildman–Crippen MR) is 99.4 cm³/mol. The average molecular weight is 345 g/mol. The first kappa shape index (κ1) is 22.3. The fourth-order valence-electron chi connectivity index (χ4n) is 1.67. The average Bonchev–Trinajstić information content (AvgIpc) is 2.67. The van der Waals surface area contributed by atoms with Gasteiger partial charge in [-0.25, -0.2) is 0 Å². The molecular formula is C20H27NO4. The molecule has 2 aromatic rings. The predicted octanol–water partition coefficient (Wildman–Crippen LogP) is 5.13. The van der Waals surface area contributed by atoms with Gasteiger partial charge in [0.2, 0.25) is 0 Å². The first-order valence-electron chi connectivity index (χ1n) is 8.35. The fourth-order valence-corrected chi connectivity index (χ4v) is 1.67. The standard InChI is InChI=1S/C16H15NO4.2C2H6/c1-19-7-8-20-13-3-2-4-14(10-13)21-16-6-5-12(11-17)9-15(16)18;2*1-2/h2-6,9-10,18H,7-8H2,1H3;2*1-2H3. The molecule has 0 amide bonds. The van der Waals surface area contributed by atoms with Crippen LogP contribution >= 0.6 is 0 Å². The molecule has 0 radical (unpaired) electrons. The van der Waals surface area contributed by atoms with Gasteiger partial charge in [-0.2, -0.15) is 5.26 Å². The largest absolute Gasteiger partial charge is 0.504 e. The summed E-state index contributed by atoms with van der Waals surface area (Å²) in [7, 11) is 1.61. The molecule has 0 fully saturated rings. The van der Waals surface area contributed by atoms with E-state index in [0.717, 1.165) is 0 Å². The second-order valence-electron chi connectivity index (χ2n) is 4.21. The molecule has 1 N–H and O–H groups in total. The van der Waals surface area contributed by atoms with Gasteiger partial charge in [0.25, 0.3) is 0 Å². The van der Waals surface area contributed by atoms with Crippen molar-refractivity contribution in [2.24, 2.45) is 0 Å². The van der Waals surface area contributed by atoms with Crippen LogP contribution in [-0.2, 0) is 4.74 Å². The lowest BCUT2D eigenvalue weighted by Crippen LogP contribution is -2.04. The van der Waals surface area contributed by atoms with E-state index in [9.17, 15) is 5.11 Å². The van der Waals surface area contributed by atoms with Gasteiger partial charge in [0, 0.05) is 19.2 Å². The summed E-state index contributed by atoms with van der Waals surface area (Å²) >= 11 is 0. The van der Waals surface area contributed by atoms with Crippen LogP contribution in [0.2, 0.25) is 0 Å². The molecule has 0 bridgehead atoms. The molecule has 25 heavy (non-hydrogen) atoms. The number of methoxy groups -OCH3 is 1. The lowest BCUT2D eigenvalue weighted by atomic mass is 10.2. The zero-order valence-corrected chi connectivity index (χ0v) is 15.6. The van der Waals surface area contributed by atoms with Gasteiger partial charge in [-0.1, -0.05) is 33.8 Å². The number of phenols is 1. The zero-order chi connectivity index (χ0) is 19.1. The maximum absolute atomic E-state index is 9.80. The van der Waals surface area contributed by atoms with Crippen molar-refractivity contribution in [3.8, 4) is 29.1 Å². The highest BCUT2D eigenvalue weighted by molar-refractivity contribution is 5.48. The van der Waals surface area contributed by atoms with Crippen molar-refractivity contribution in [1.29, 1.82) is 5.26 Å². The summed E-state index contributed by atoms with van der Waals surface area (Å²) in [4.78, 5) is 0. The van der Waals surface area contributed by atoms with Crippen LogP contribution < -0.4 is 9.47 Å². The van der Waals surface area contributed by atoms with Crippen LogP contribution in [0.4, 0.5) is 0 Å². The Hall–Kier alpha value is -2.71. The minimum atomic E-state index is -0.0836. The smallest absolute Gasteiger partial charge is 0.169 e. The van der Waals surface area contributed by atoms with Crippen molar-refractivity contribution < 1.29 is 19.3 Å². The van der Waals surface area contributed by atoms with Crippen molar-refractivity contribution in [2.45, 2.75) is 27.7 Å². The van der Waals surface area contributed by atoms with Crippen LogP contribution in [0, 0.1) is 11.3 Å². The molecule has 0 aromatic heterocycles. The number of benzene rings is 2. The van der Waals surface area contributed by atoms with Crippen LogP contribution in [0.5, 0.6) is 23.0 Å².